The van der Waals surface area contributed by atoms with Crippen LogP contribution in [0.15, 0.2) is 41.6 Å². The fourth-order valence-corrected chi connectivity index (χ4v) is 2.59. The third-order valence-corrected chi connectivity index (χ3v) is 3.77. The molecular weight excluding hydrogens is 266 g/mol. The van der Waals surface area contributed by atoms with Crippen LogP contribution in [-0.4, -0.2) is 4.98 Å². The molecule has 18 heavy (non-hydrogen) atoms. The summed E-state index contributed by atoms with van der Waals surface area (Å²) < 4.78 is 0. The van der Waals surface area contributed by atoms with Gasteiger partial charge in [-0.3, -0.25) is 0 Å². The first kappa shape index (κ1) is 12.7. The second kappa shape index (κ2) is 5.76. The van der Waals surface area contributed by atoms with E-state index in [2.05, 4.69) is 4.98 Å². The number of thioether (sulfide) groups is 1. The minimum atomic E-state index is 0.467. The van der Waals surface area contributed by atoms with Crippen LogP contribution in [0.3, 0.4) is 0 Å². The van der Waals surface area contributed by atoms with Crippen LogP contribution in [0.4, 0.5) is 5.69 Å². The summed E-state index contributed by atoms with van der Waals surface area (Å²) in [5, 5.41) is 10.2. The van der Waals surface area contributed by atoms with Crippen molar-refractivity contribution in [2.75, 3.05) is 5.73 Å². The first-order valence-corrected chi connectivity index (χ1v) is 6.59. The highest BCUT2D eigenvalue weighted by atomic mass is 35.5. The SMILES string of the molecule is N#Cc1cnc(SCc2ccccc2Cl)c(N)c1. The molecule has 0 saturated heterocycles. The normalized spacial score (nSPS) is 10.0. The quantitative estimate of drug-likeness (QED) is 0.871. The van der Waals surface area contributed by atoms with Gasteiger partial charge in [-0.2, -0.15) is 5.26 Å². The molecular formula is C13H10ClN3S. The number of nitrogens with two attached hydrogens (primary N) is 1. The highest BCUT2D eigenvalue weighted by molar-refractivity contribution is 7.98. The summed E-state index contributed by atoms with van der Waals surface area (Å²) in [6, 6.07) is 11.3. The van der Waals surface area contributed by atoms with Gasteiger partial charge in [-0.15, -0.1) is 0 Å². The van der Waals surface area contributed by atoms with E-state index in [1.54, 1.807) is 6.07 Å². The summed E-state index contributed by atoms with van der Waals surface area (Å²) in [6.07, 6.45) is 1.52. The van der Waals surface area contributed by atoms with Gasteiger partial charge in [0, 0.05) is 17.0 Å². The molecule has 0 radical (unpaired) electrons. The summed E-state index contributed by atoms with van der Waals surface area (Å²) in [5.41, 5.74) is 7.86. The van der Waals surface area contributed by atoms with E-state index in [0.717, 1.165) is 10.6 Å². The van der Waals surface area contributed by atoms with Gasteiger partial charge in [0.05, 0.1) is 11.3 Å². The zero-order chi connectivity index (χ0) is 13.0. The zero-order valence-electron chi connectivity index (χ0n) is 9.43. The number of hydrogen-bond acceptors (Lipinski definition) is 4. The number of hydrogen-bond donors (Lipinski definition) is 1. The molecule has 90 valence electrons. The molecule has 0 aliphatic heterocycles. The van der Waals surface area contributed by atoms with Crippen LogP contribution in [0, 0.1) is 11.3 Å². The van der Waals surface area contributed by atoms with Gasteiger partial charge in [-0.25, -0.2) is 4.98 Å². The third-order valence-electron chi connectivity index (χ3n) is 2.33. The van der Waals surface area contributed by atoms with Crippen molar-refractivity contribution in [3.63, 3.8) is 0 Å². The molecule has 0 aliphatic carbocycles. The number of halogens is 1. The lowest BCUT2D eigenvalue weighted by molar-refractivity contribution is 1.13. The molecule has 1 aromatic carbocycles. The Morgan fingerprint density at radius 3 is 2.83 bits per heavy atom. The van der Waals surface area contributed by atoms with Gasteiger partial charge >= 0.3 is 0 Å². The molecule has 0 saturated carbocycles. The largest absolute Gasteiger partial charge is 0.397 e. The van der Waals surface area contributed by atoms with Crippen molar-refractivity contribution in [1.82, 2.24) is 4.98 Å². The molecule has 0 atom stereocenters. The molecule has 2 aromatic rings. The number of benzene rings is 1. The lowest BCUT2D eigenvalue weighted by Gasteiger charge is -2.06. The number of nitriles is 1. The van der Waals surface area contributed by atoms with Crippen LogP contribution in [0.5, 0.6) is 0 Å². The molecule has 2 N–H and O–H groups in total. The van der Waals surface area contributed by atoms with Gasteiger partial charge in [-0.1, -0.05) is 41.6 Å². The van der Waals surface area contributed by atoms with E-state index in [1.807, 2.05) is 30.3 Å². The summed E-state index contributed by atoms with van der Waals surface area (Å²) in [4.78, 5) is 4.17. The Kier molecular flexibility index (Phi) is 4.08. The third kappa shape index (κ3) is 2.95. The van der Waals surface area contributed by atoms with Crippen LogP contribution in [0.25, 0.3) is 0 Å². The molecule has 0 spiro atoms. The minimum absolute atomic E-state index is 0.467. The fourth-order valence-electron chi connectivity index (χ4n) is 1.41. The van der Waals surface area contributed by atoms with E-state index in [4.69, 9.17) is 22.6 Å². The standard InChI is InChI=1S/C13H10ClN3S/c14-11-4-2-1-3-10(11)8-18-13-12(16)5-9(6-15)7-17-13/h1-5,7H,8,16H2. The lowest BCUT2D eigenvalue weighted by atomic mass is 10.2. The van der Waals surface area contributed by atoms with Crippen LogP contribution < -0.4 is 5.73 Å². The first-order chi connectivity index (χ1) is 8.70. The summed E-state index contributed by atoms with van der Waals surface area (Å²) >= 11 is 7.57. The second-order valence-electron chi connectivity index (χ2n) is 3.61. The van der Waals surface area contributed by atoms with E-state index in [0.29, 0.717) is 22.0 Å². The van der Waals surface area contributed by atoms with Crippen molar-refractivity contribution in [2.24, 2.45) is 0 Å². The highest BCUT2D eigenvalue weighted by Crippen LogP contribution is 2.28. The van der Waals surface area contributed by atoms with Crippen molar-refractivity contribution in [1.29, 1.82) is 5.26 Å². The van der Waals surface area contributed by atoms with E-state index in [-0.39, 0.29) is 0 Å². The first-order valence-electron chi connectivity index (χ1n) is 5.22. The Hall–Kier alpha value is -1.70. The molecule has 2 rings (SSSR count). The smallest absolute Gasteiger partial charge is 0.119 e. The van der Waals surface area contributed by atoms with E-state index >= 15 is 0 Å². The summed E-state index contributed by atoms with van der Waals surface area (Å²) in [6.45, 7) is 0. The Morgan fingerprint density at radius 2 is 2.17 bits per heavy atom. The van der Waals surface area contributed by atoms with Crippen LogP contribution in [0.2, 0.25) is 5.02 Å². The number of nitrogen functional groups attached to an aromatic ring is 1. The second-order valence-corrected chi connectivity index (χ2v) is 4.98. The molecule has 1 heterocycles. The van der Waals surface area contributed by atoms with Crippen molar-refractivity contribution in [3.05, 3.63) is 52.7 Å². The highest BCUT2D eigenvalue weighted by Gasteiger charge is 2.05. The van der Waals surface area contributed by atoms with Crippen molar-refractivity contribution < 1.29 is 0 Å². The van der Waals surface area contributed by atoms with Gasteiger partial charge < -0.3 is 5.73 Å². The monoisotopic (exact) mass is 275 g/mol. The molecule has 0 bridgehead atoms. The number of rotatable bonds is 3. The van der Waals surface area contributed by atoms with Gasteiger partial charge in [0.1, 0.15) is 11.1 Å². The summed E-state index contributed by atoms with van der Waals surface area (Å²) in [7, 11) is 0. The van der Waals surface area contributed by atoms with Crippen LogP contribution >= 0.6 is 23.4 Å². The fraction of sp³-hybridized carbons (Fsp3) is 0.0769. The van der Waals surface area contributed by atoms with Crippen molar-refractivity contribution in [3.8, 4) is 6.07 Å². The van der Waals surface area contributed by atoms with Gasteiger partial charge in [-0.05, 0) is 17.7 Å². The van der Waals surface area contributed by atoms with E-state index in [9.17, 15) is 0 Å². The van der Waals surface area contributed by atoms with E-state index < -0.39 is 0 Å². The van der Waals surface area contributed by atoms with Gasteiger partial charge in [0.2, 0.25) is 0 Å². The van der Waals surface area contributed by atoms with Crippen LogP contribution in [0.1, 0.15) is 11.1 Å². The Morgan fingerprint density at radius 1 is 1.39 bits per heavy atom. The summed E-state index contributed by atoms with van der Waals surface area (Å²) in [5.74, 6) is 0.697. The number of nitrogens with zero attached hydrogens (tertiary/aromatic N) is 2. The topological polar surface area (TPSA) is 62.7 Å². The molecule has 1 aromatic heterocycles. The Labute approximate surface area is 115 Å². The Bertz CT molecular complexity index is 607. The minimum Gasteiger partial charge on any atom is -0.397 e. The maximum absolute atomic E-state index is 8.73. The molecule has 3 nitrogen and oxygen atoms in total. The van der Waals surface area contributed by atoms with Crippen LogP contribution in [-0.2, 0) is 5.75 Å². The molecule has 0 aliphatic rings. The maximum Gasteiger partial charge on any atom is 0.119 e. The number of pyridine rings is 1. The van der Waals surface area contributed by atoms with Gasteiger partial charge in [0.15, 0.2) is 0 Å². The average molecular weight is 276 g/mol. The van der Waals surface area contributed by atoms with Crippen molar-refractivity contribution in [2.45, 2.75) is 10.8 Å². The maximum atomic E-state index is 8.73. The Balaban J connectivity index is 2.12. The van der Waals surface area contributed by atoms with E-state index in [1.165, 1.54) is 18.0 Å². The predicted octanol–water partition coefficient (Wildman–Crippen LogP) is 3.48. The lowest BCUT2D eigenvalue weighted by Crippen LogP contribution is -1.94. The molecule has 0 fully saturated rings. The molecule has 5 heteroatoms. The van der Waals surface area contributed by atoms with Crippen molar-refractivity contribution >= 4 is 29.1 Å². The predicted molar refractivity (Wildman–Crippen MR) is 74.4 cm³/mol. The molecule has 0 amide bonds. The number of anilines is 1. The van der Waals surface area contributed by atoms with Gasteiger partial charge in [0.25, 0.3) is 0 Å². The average Bonchev–Trinajstić information content (AvgIpc) is 2.39. The molecule has 0 unspecified atom stereocenters. The number of aromatic nitrogens is 1. The zero-order valence-corrected chi connectivity index (χ0v) is 11.0.